The highest BCUT2D eigenvalue weighted by Gasteiger charge is 2.15. The standard InChI is InChI=1S/C20H26O4/c21-19(11-13-23-15-17-7-3-1-4-8-17)20(22)12-14-24-16-18-9-5-2-6-10-18/h1-10,19-22H,11-16H2/t19-,20+. The van der Waals surface area contributed by atoms with E-state index in [-0.39, 0.29) is 0 Å². The molecular weight excluding hydrogens is 304 g/mol. The summed E-state index contributed by atoms with van der Waals surface area (Å²) in [5.74, 6) is 0. The fourth-order valence-electron chi connectivity index (χ4n) is 2.32. The van der Waals surface area contributed by atoms with E-state index < -0.39 is 12.2 Å². The maximum atomic E-state index is 9.95. The van der Waals surface area contributed by atoms with Gasteiger partial charge in [0.1, 0.15) is 0 Å². The molecule has 0 heterocycles. The average molecular weight is 330 g/mol. The van der Waals surface area contributed by atoms with Crippen LogP contribution in [-0.4, -0.2) is 35.6 Å². The Bertz CT molecular complexity index is 493. The number of hydrogen-bond donors (Lipinski definition) is 2. The zero-order valence-corrected chi connectivity index (χ0v) is 13.9. The molecule has 2 N–H and O–H groups in total. The van der Waals surface area contributed by atoms with Crippen LogP contribution in [0, 0.1) is 0 Å². The summed E-state index contributed by atoms with van der Waals surface area (Å²) in [5.41, 5.74) is 2.20. The molecule has 0 fully saturated rings. The highest BCUT2D eigenvalue weighted by atomic mass is 16.5. The molecule has 24 heavy (non-hydrogen) atoms. The maximum Gasteiger partial charge on any atom is 0.0821 e. The third-order valence-electron chi connectivity index (χ3n) is 3.78. The summed E-state index contributed by atoms with van der Waals surface area (Å²) >= 11 is 0. The van der Waals surface area contributed by atoms with Gasteiger partial charge in [-0.05, 0) is 24.0 Å². The van der Waals surface area contributed by atoms with E-state index in [4.69, 9.17) is 9.47 Å². The fraction of sp³-hybridized carbons (Fsp3) is 0.400. The highest BCUT2D eigenvalue weighted by molar-refractivity contribution is 5.14. The molecule has 0 spiro atoms. The predicted molar refractivity (Wildman–Crippen MR) is 93.4 cm³/mol. The van der Waals surface area contributed by atoms with Gasteiger partial charge in [0.15, 0.2) is 0 Å². The zero-order valence-electron chi connectivity index (χ0n) is 13.9. The van der Waals surface area contributed by atoms with E-state index in [9.17, 15) is 10.2 Å². The van der Waals surface area contributed by atoms with Crippen LogP contribution >= 0.6 is 0 Å². The van der Waals surface area contributed by atoms with E-state index >= 15 is 0 Å². The molecule has 2 aromatic rings. The zero-order chi connectivity index (χ0) is 17.0. The van der Waals surface area contributed by atoms with E-state index in [1.54, 1.807) is 0 Å². The smallest absolute Gasteiger partial charge is 0.0821 e. The van der Waals surface area contributed by atoms with Gasteiger partial charge in [-0.1, -0.05) is 60.7 Å². The SMILES string of the molecule is O[C@H](CCOCc1ccccc1)[C@@H](O)CCOCc1ccccc1. The second-order valence-corrected chi connectivity index (χ2v) is 5.79. The van der Waals surface area contributed by atoms with Crippen molar-refractivity contribution in [2.45, 2.75) is 38.3 Å². The van der Waals surface area contributed by atoms with Crippen molar-refractivity contribution in [3.05, 3.63) is 71.8 Å². The molecule has 130 valence electrons. The van der Waals surface area contributed by atoms with Gasteiger partial charge in [-0.25, -0.2) is 0 Å². The number of rotatable bonds is 11. The number of aliphatic hydroxyl groups excluding tert-OH is 2. The first-order chi connectivity index (χ1) is 11.8. The summed E-state index contributed by atoms with van der Waals surface area (Å²) in [4.78, 5) is 0. The summed E-state index contributed by atoms with van der Waals surface area (Å²) in [6.45, 7) is 1.86. The van der Waals surface area contributed by atoms with E-state index in [0.717, 1.165) is 11.1 Å². The summed E-state index contributed by atoms with van der Waals surface area (Å²) in [5, 5.41) is 19.9. The van der Waals surface area contributed by atoms with E-state index in [1.165, 1.54) is 0 Å². The molecule has 0 aliphatic carbocycles. The molecule has 4 nitrogen and oxygen atoms in total. The Morgan fingerprint density at radius 1 is 0.625 bits per heavy atom. The molecule has 4 heteroatoms. The highest BCUT2D eigenvalue weighted by Crippen LogP contribution is 2.07. The van der Waals surface area contributed by atoms with Crippen molar-refractivity contribution in [3.63, 3.8) is 0 Å². The molecule has 0 amide bonds. The summed E-state index contributed by atoms with van der Waals surface area (Å²) < 4.78 is 11.0. The van der Waals surface area contributed by atoms with Crippen LogP contribution in [-0.2, 0) is 22.7 Å². The van der Waals surface area contributed by atoms with Crippen molar-refractivity contribution in [2.24, 2.45) is 0 Å². The lowest BCUT2D eigenvalue weighted by Gasteiger charge is -2.17. The minimum absolute atomic E-state index is 0.409. The maximum absolute atomic E-state index is 9.95. The predicted octanol–water partition coefficient (Wildman–Crippen LogP) is 2.92. The van der Waals surface area contributed by atoms with Crippen molar-refractivity contribution in [3.8, 4) is 0 Å². The molecule has 0 aromatic heterocycles. The van der Waals surface area contributed by atoms with Gasteiger partial charge in [-0.3, -0.25) is 0 Å². The van der Waals surface area contributed by atoms with Crippen molar-refractivity contribution < 1.29 is 19.7 Å². The van der Waals surface area contributed by atoms with E-state index in [1.807, 2.05) is 60.7 Å². The third-order valence-corrected chi connectivity index (χ3v) is 3.78. The second-order valence-electron chi connectivity index (χ2n) is 5.79. The minimum Gasteiger partial charge on any atom is -0.390 e. The normalized spacial score (nSPS) is 13.6. The van der Waals surface area contributed by atoms with Crippen LogP contribution in [0.25, 0.3) is 0 Å². The van der Waals surface area contributed by atoms with Gasteiger partial charge in [0.2, 0.25) is 0 Å². The van der Waals surface area contributed by atoms with Crippen LogP contribution in [0.3, 0.4) is 0 Å². The monoisotopic (exact) mass is 330 g/mol. The van der Waals surface area contributed by atoms with Crippen LogP contribution in [0.2, 0.25) is 0 Å². The fourth-order valence-corrected chi connectivity index (χ4v) is 2.32. The molecule has 2 aromatic carbocycles. The van der Waals surface area contributed by atoms with Crippen LogP contribution in [0.5, 0.6) is 0 Å². The molecule has 0 saturated heterocycles. The molecule has 2 atom stereocenters. The molecule has 2 rings (SSSR count). The molecular formula is C20H26O4. The number of hydrogen-bond acceptors (Lipinski definition) is 4. The Morgan fingerprint density at radius 3 is 1.38 bits per heavy atom. The van der Waals surface area contributed by atoms with Gasteiger partial charge >= 0.3 is 0 Å². The molecule has 0 radical (unpaired) electrons. The van der Waals surface area contributed by atoms with Crippen molar-refractivity contribution in [1.29, 1.82) is 0 Å². The first kappa shape index (κ1) is 18.6. The van der Waals surface area contributed by atoms with Gasteiger partial charge in [0, 0.05) is 13.2 Å². The van der Waals surface area contributed by atoms with Gasteiger partial charge in [0.25, 0.3) is 0 Å². The van der Waals surface area contributed by atoms with Gasteiger partial charge < -0.3 is 19.7 Å². The average Bonchev–Trinajstić information content (AvgIpc) is 2.63. The van der Waals surface area contributed by atoms with E-state index in [0.29, 0.717) is 39.3 Å². The molecule has 0 saturated carbocycles. The Kier molecular flexibility index (Phi) is 8.49. The summed E-state index contributed by atoms with van der Waals surface area (Å²) in [6, 6.07) is 19.8. The van der Waals surface area contributed by atoms with E-state index in [2.05, 4.69) is 0 Å². The number of ether oxygens (including phenoxy) is 2. The van der Waals surface area contributed by atoms with Crippen molar-refractivity contribution in [1.82, 2.24) is 0 Å². The third kappa shape index (κ3) is 7.23. The lowest BCUT2D eigenvalue weighted by molar-refractivity contribution is -0.0246. The summed E-state index contributed by atoms with van der Waals surface area (Å²) in [7, 11) is 0. The molecule has 0 aliphatic heterocycles. The number of benzene rings is 2. The quantitative estimate of drug-likeness (QED) is 0.622. The topological polar surface area (TPSA) is 58.9 Å². The largest absolute Gasteiger partial charge is 0.390 e. The molecule has 0 aliphatic rings. The first-order valence-electron chi connectivity index (χ1n) is 8.35. The van der Waals surface area contributed by atoms with Crippen LogP contribution in [0.1, 0.15) is 24.0 Å². The minimum atomic E-state index is -0.791. The van der Waals surface area contributed by atoms with Crippen LogP contribution in [0.15, 0.2) is 60.7 Å². The van der Waals surface area contributed by atoms with Crippen LogP contribution < -0.4 is 0 Å². The molecule has 0 bridgehead atoms. The lowest BCUT2D eigenvalue weighted by Crippen LogP contribution is -2.28. The Labute approximate surface area is 143 Å². The van der Waals surface area contributed by atoms with Gasteiger partial charge in [-0.15, -0.1) is 0 Å². The Hall–Kier alpha value is -1.72. The number of aliphatic hydroxyl groups is 2. The van der Waals surface area contributed by atoms with Crippen molar-refractivity contribution >= 4 is 0 Å². The van der Waals surface area contributed by atoms with Gasteiger partial charge in [0.05, 0.1) is 25.4 Å². The summed E-state index contributed by atoms with van der Waals surface area (Å²) in [6.07, 6.45) is -0.762. The van der Waals surface area contributed by atoms with Gasteiger partial charge in [-0.2, -0.15) is 0 Å². The lowest BCUT2D eigenvalue weighted by atomic mass is 10.1. The molecule has 0 unspecified atom stereocenters. The first-order valence-corrected chi connectivity index (χ1v) is 8.35. The Balaban J connectivity index is 1.52. The van der Waals surface area contributed by atoms with Crippen molar-refractivity contribution in [2.75, 3.05) is 13.2 Å². The Morgan fingerprint density at radius 2 is 1.00 bits per heavy atom. The second kappa shape index (κ2) is 10.9. The van der Waals surface area contributed by atoms with Crippen LogP contribution in [0.4, 0.5) is 0 Å².